The summed E-state index contributed by atoms with van der Waals surface area (Å²) in [6.07, 6.45) is 5.64. The van der Waals surface area contributed by atoms with Gasteiger partial charge in [0, 0.05) is 29.6 Å². The van der Waals surface area contributed by atoms with Gasteiger partial charge < -0.3 is 25.0 Å². The number of fused-ring (bicyclic) bond motifs is 7. The second-order valence-electron chi connectivity index (χ2n) is 14.1. The lowest BCUT2D eigenvalue weighted by Crippen LogP contribution is -2.62. The van der Waals surface area contributed by atoms with E-state index in [0.29, 0.717) is 18.4 Å². The van der Waals surface area contributed by atoms with E-state index in [9.17, 15) is 28.2 Å². The summed E-state index contributed by atoms with van der Waals surface area (Å²) in [5.74, 6) is -0.377. The fourth-order valence-electron chi connectivity index (χ4n) is 9.88. The van der Waals surface area contributed by atoms with Crippen molar-refractivity contribution in [3.05, 3.63) is 77.9 Å². The van der Waals surface area contributed by atoms with Crippen LogP contribution in [-0.4, -0.2) is 62.7 Å². The molecule has 7 rings (SSSR count). The first-order chi connectivity index (χ1) is 21.9. The van der Waals surface area contributed by atoms with Crippen LogP contribution in [0, 0.1) is 34.0 Å². The van der Waals surface area contributed by atoms with Crippen molar-refractivity contribution in [3.63, 3.8) is 0 Å². The van der Waals surface area contributed by atoms with E-state index >= 15 is 0 Å². The van der Waals surface area contributed by atoms with E-state index in [1.807, 2.05) is 13.0 Å². The highest BCUT2D eigenvalue weighted by Crippen LogP contribution is 2.71. The van der Waals surface area contributed by atoms with Gasteiger partial charge in [0.15, 0.2) is 17.9 Å². The quantitative estimate of drug-likeness (QED) is 0.416. The molecule has 3 saturated carbocycles. The maximum Gasteiger partial charge on any atom is 0.206 e. The molecule has 10 heteroatoms. The van der Waals surface area contributed by atoms with Gasteiger partial charge in [-0.05, 0) is 91.5 Å². The smallest absolute Gasteiger partial charge is 0.206 e. The van der Waals surface area contributed by atoms with Crippen LogP contribution in [0.25, 0.3) is 0 Å². The Kier molecular flexibility index (Phi) is 7.49. The number of hydrogen-bond donors (Lipinski definition) is 3. The van der Waals surface area contributed by atoms with E-state index < -0.39 is 51.2 Å². The van der Waals surface area contributed by atoms with Gasteiger partial charge in [-0.2, -0.15) is 0 Å². The van der Waals surface area contributed by atoms with Crippen LogP contribution in [0.2, 0.25) is 0 Å². The van der Waals surface area contributed by atoms with E-state index in [2.05, 4.69) is 12.2 Å². The molecule has 5 aliphatic rings. The average Bonchev–Trinajstić information content (AvgIpc) is 3.32. The van der Waals surface area contributed by atoms with Gasteiger partial charge in [0.05, 0.1) is 34.0 Å². The van der Waals surface area contributed by atoms with Gasteiger partial charge in [-0.15, -0.1) is 0 Å². The van der Waals surface area contributed by atoms with Crippen molar-refractivity contribution in [2.24, 2.45) is 34.0 Å². The van der Waals surface area contributed by atoms with Crippen molar-refractivity contribution < 1.29 is 37.7 Å². The lowest BCUT2D eigenvalue weighted by atomic mass is 9.44. The van der Waals surface area contributed by atoms with Gasteiger partial charge >= 0.3 is 0 Å². The minimum Gasteiger partial charge on any atom is -0.393 e. The minimum absolute atomic E-state index is 0.0214. The molecule has 1 saturated heterocycles. The van der Waals surface area contributed by atoms with Gasteiger partial charge in [-0.3, -0.25) is 9.59 Å². The third-order valence-electron chi connectivity index (χ3n) is 12.2. The Morgan fingerprint density at radius 1 is 1.07 bits per heavy atom. The molecule has 244 valence electrons. The Labute approximate surface area is 269 Å². The standard InChI is InChI=1S/C36H41NO8S/c1-34-15-14-24(39)16-22(34)6-13-27-28-17-31-36(30(41)19-38,35(28,2)18-29(40)32(27)34)20-44-33(45-31)21-4-9-25(10-5-21)46(42,43)26-11-7-23(37-3)8-12-26/h4-5,7-12,14-16,27-29,31-33,37-38,40H,6,13,17-20H2,1-3H3/t27-,28-,29-,31+,32+,33-,34-,35-,36-/m0/s1. The zero-order chi connectivity index (χ0) is 32.6. The van der Waals surface area contributed by atoms with E-state index in [4.69, 9.17) is 9.47 Å². The van der Waals surface area contributed by atoms with Crippen molar-refractivity contribution in [1.82, 2.24) is 0 Å². The Bertz CT molecular complexity index is 1730. The summed E-state index contributed by atoms with van der Waals surface area (Å²) in [4.78, 5) is 26.3. The SMILES string of the molecule is CNc1ccc(S(=O)(=O)c2ccc([C@H]3OC[C@]4(C(=O)CO)[C@@H](C[C@H]5[C@@H]6CCC7=CC(=O)C=C[C@]7(C)[C@H]6[C@@H](O)C[C@@]54C)O3)cc2)cc1. The van der Waals surface area contributed by atoms with E-state index in [1.165, 1.54) is 12.1 Å². The van der Waals surface area contributed by atoms with E-state index in [0.717, 1.165) is 24.1 Å². The first-order valence-electron chi connectivity index (χ1n) is 16.1. The number of Topliss-reactive ketones (excluding diaryl/α,β-unsaturated/α-hetero) is 1. The average molecular weight is 648 g/mol. The zero-order valence-corrected chi connectivity index (χ0v) is 27.1. The van der Waals surface area contributed by atoms with Crippen molar-refractivity contribution in [2.75, 3.05) is 25.6 Å². The summed E-state index contributed by atoms with van der Waals surface area (Å²) >= 11 is 0. The topological polar surface area (TPSA) is 139 Å². The van der Waals surface area contributed by atoms with E-state index in [-0.39, 0.29) is 45.7 Å². The molecule has 2 aromatic rings. The highest BCUT2D eigenvalue weighted by Gasteiger charge is 2.73. The molecule has 1 heterocycles. The van der Waals surface area contributed by atoms with Gasteiger partial charge in [0.25, 0.3) is 0 Å². The predicted octanol–water partition coefficient (Wildman–Crippen LogP) is 4.41. The second kappa shape index (κ2) is 11.0. The number of sulfone groups is 1. The Balaban J connectivity index is 1.18. The number of aliphatic hydroxyl groups is 2. The predicted molar refractivity (Wildman–Crippen MR) is 169 cm³/mol. The lowest BCUT2D eigenvalue weighted by molar-refractivity contribution is -0.277. The molecule has 0 spiro atoms. The molecule has 9 nitrogen and oxygen atoms in total. The molecule has 0 amide bonds. The summed E-state index contributed by atoms with van der Waals surface area (Å²) in [7, 11) is -1.97. The van der Waals surface area contributed by atoms with Crippen molar-refractivity contribution >= 4 is 27.1 Å². The number of carbonyl (C=O) groups is 2. The minimum atomic E-state index is -3.74. The summed E-state index contributed by atoms with van der Waals surface area (Å²) in [5, 5.41) is 25.0. The molecule has 9 atom stereocenters. The van der Waals surface area contributed by atoms with Crippen LogP contribution in [0.15, 0.2) is 82.1 Å². The number of anilines is 1. The van der Waals surface area contributed by atoms with Gasteiger partial charge in [-0.1, -0.05) is 37.6 Å². The molecule has 46 heavy (non-hydrogen) atoms. The summed E-state index contributed by atoms with van der Waals surface area (Å²) in [5.41, 5.74) is 0.216. The fourth-order valence-corrected chi connectivity index (χ4v) is 11.1. The Morgan fingerprint density at radius 3 is 2.39 bits per heavy atom. The third kappa shape index (κ3) is 4.37. The third-order valence-corrected chi connectivity index (χ3v) is 14.0. The number of rotatable bonds is 6. The summed E-state index contributed by atoms with van der Waals surface area (Å²) < 4.78 is 39.5. The molecule has 0 unspecified atom stereocenters. The molecule has 3 N–H and O–H groups in total. The van der Waals surface area contributed by atoms with Crippen LogP contribution < -0.4 is 5.32 Å². The Morgan fingerprint density at radius 2 is 1.74 bits per heavy atom. The molecular weight excluding hydrogens is 606 g/mol. The van der Waals surface area contributed by atoms with Crippen LogP contribution in [0.3, 0.4) is 0 Å². The number of hydrogen-bond acceptors (Lipinski definition) is 9. The number of aliphatic hydroxyl groups excluding tert-OH is 2. The first kappa shape index (κ1) is 31.4. The molecule has 4 aliphatic carbocycles. The monoisotopic (exact) mass is 647 g/mol. The zero-order valence-electron chi connectivity index (χ0n) is 26.3. The number of allylic oxidation sites excluding steroid dienone is 4. The van der Waals surface area contributed by atoms with Gasteiger partial charge in [-0.25, -0.2) is 8.42 Å². The molecular formula is C36H41NO8S. The molecule has 0 bridgehead atoms. The maximum absolute atomic E-state index is 13.8. The molecule has 1 aliphatic heterocycles. The molecule has 2 aromatic carbocycles. The number of ether oxygens (including phenoxy) is 2. The van der Waals surface area contributed by atoms with Gasteiger partial charge in [0.2, 0.25) is 9.84 Å². The van der Waals surface area contributed by atoms with Gasteiger partial charge in [0.1, 0.15) is 6.61 Å². The van der Waals surface area contributed by atoms with Crippen LogP contribution in [-0.2, 0) is 28.9 Å². The lowest BCUT2D eigenvalue weighted by Gasteiger charge is -2.60. The first-order valence-corrected chi connectivity index (χ1v) is 17.5. The van der Waals surface area contributed by atoms with E-state index in [1.54, 1.807) is 55.6 Å². The maximum atomic E-state index is 13.8. The normalized spacial score (nSPS) is 38.2. The molecule has 0 radical (unpaired) electrons. The van der Waals surface area contributed by atoms with Crippen molar-refractivity contribution in [3.8, 4) is 0 Å². The van der Waals surface area contributed by atoms with Crippen molar-refractivity contribution in [1.29, 1.82) is 0 Å². The van der Waals surface area contributed by atoms with Crippen LogP contribution in [0.4, 0.5) is 5.69 Å². The van der Waals surface area contributed by atoms with Crippen LogP contribution >= 0.6 is 0 Å². The number of carbonyl (C=O) groups excluding carboxylic acids is 2. The van der Waals surface area contributed by atoms with Crippen LogP contribution in [0.1, 0.15) is 51.4 Å². The van der Waals surface area contributed by atoms with Crippen LogP contribution in [0.5, 0.6) is 0 Å². The number of ketones is 2. The molecule has 0 aromatic heterocycles. The largest absolute Gasteiger partial charge is 0.393 e. The highest BCUT2D eigenvalue weighted by atomic mass is 32.2. The highest BCUT2D eigenvalue weighted by molar-refractivity contribution is 7.91. The second-order valence-corrected chi connectivity index (χ2v) is 16.1. The number of benzene rings is 2. The Hall–Kier alpha value is -3.15. The molecule has 4 fully saturated rings. The fraction of sp³-hybridized carbons (Fsp3) is 0.500. The number of nitrogens with one attached hydrogen (secondary N) is 1. The summed E-state index contributed by atoms with van der Waals surface area (Å²) in [6, 6.07) is 13.0. The van der Waals surface area contributed by atoms with Crippen molar-refractivity contribution in [2.45, 2.75) is 67.8 Å². The summed E-state index contributed by atoms with van der Waals surface area (Å²) in [6.45, 7) is 3.53.